The Morgan fingerprint density at radius 3 is 2.36 bits per heavy atom. The maximum absolute atomic E-state index is 14.4. The van der Waals surface area contributed by atoms with E-state index in [9.17, 15) is 18.4 Å². The topological polar surface area (TPSA) is 62.7 Å². The fourth-order valence-electron chi connectivity index (χ4n) is 3.45. The number of pyridine rings is 1. The van der Waals surface area contributed by atoms with E-state index in [1.807, 2.05) is 0 Å². The number of hydrogen-bond acceptors (Lipinski definition) is 4. The van der Waals surface area contributed by atoms with Gasteiger partial charge in [0.15, 0.2) is 11.6 Å². The van der Waals surface area contributed by atoms with Crippen molar-refractivity contribution in [1.82, 2.24) is 14.8 Å². The van der Waals surface area contributed by atoms with Crippen molar-refractivity contribution in [2.75, 3.05) is 26.2 Å². The van der Waals surface area contributed by atoms with Crippen LogP contribution in [0.1, 0.15) is 15.9 Å². The van der Waals surface area contributed by atoms with Crippen molar-refractivity contribution >= 4 is 17.9 Å². The molecule has 1 saturated heterocycles. The van der Waals surface area contributed by atoms with Gasteiger partial charge in [-0.1, -0.05) is 18.2 Å². The summed E-state index contributed by atoms with van der Waals surface area (Å²) in [6.07, 6.45) is 5.96. The molecule has 1 aliphatic rings. The molecule has 6 nitrogen and oxygen atoms in total. The number of rotatable bonds is 5. The number of amides is 2. The van der Waals surface area contributed by atoms with E-state index >= 15 is 0 Å². The van der Waals surface area contributed by atoms with E-state index in [0.29, 0.717) is 37.5 Å². The minimum Gasteiger partial charge on any atom is -0.453 e. The SMILES string of the molecule is O=C(/C=C/c1ccc(Oc2cccnc2)c(F)c1)N1CCN(C(=O)c2ccccc2F)CC1. The normalized spacial score (nSPS) is 13.9. The Balaban J connectivity index is 1.32. The van der Waals surface area contributed by atoms with Crippen LogP contribution in [0.4, 0.5) is 8.78 Å². The van der Waals surface area contributed by atoms with Crippen LogP contribution in [0.2, 0.25) is 0 Å². The number of hydrogen-bond donors (Lipinski definition) is 0. The Morgan fingerprint density at radius 2 is 1.67 bits per heavy atom. The van der Waals surface area contributed by atoms with Crippen molar-refractivity contribution < 1.29 is 23.1 Å². The summed E-state index contributed by atoms with van der Waals surface area (Å²) in [4.78, 5) is 32.1. The van der Waals surface area contributed by atoms with E-state index in [1.54, 1.807) is 35.4 Å². The second kappa shape index (κ2) is 10.0. The molecule has 0 radical (unpaired) electrons. The summed E-state index contributed by atoms with van der Waals surface area (Å²) < 4.78 is 33.7. The van der Waals surface area contributed by atoms with Crippen LogP contribution in [0.3, 0.4) is 0 Å². The number of ether oxygens (including phenoxy) is 1. The molecule has 0 unspecified atom stereocenters. The standard InChI is InChI=1S/C25H21F2N3O3/c26-21-6-2-1-5-20(21)25(32)30-14-12-29(13-15-30)24(31)10-8-18-7-9-23(22(27)16-18)33-19-4-3-11-28-17-19/h1-11,16-17H,12-15H2/b10-8+. The van der Waals surface area contributed by atoms with Crippen molar-refractivity contribution in [2.45, 2.75) is 0 Å². The third kappa shape index (κ3) is 5.41. The Morgan fingerprint density at radius 1 is 0.909 bits per heavy atom. The van der Waals surface area contributed by atoms with Crippen LogP contribution < -0.4 is 4.74 Å². The molecule has 2 amide bonds. The summed E-state index contributed by atoms with van der Waals surface area (Å²) in [5.74, 6) is -1.28. The van der Waals surface area contributed by atoms with E-state index < -0.39 is 11.6 Å². The highest BCUT2D eigenvalue weighted by molar-refractivity contribution is 5.95. The maximum atomic E-state index is 14.4. The summed E-state index contributed by atoms with van der Waals surface area (Å²) in [6.45, 7) is 1.27. The lowest BCUT2D eigenvalue weighted by Gasteiger charge is -2.34. The Labute approximate surface area is 189 Å². The molecule has 4 rings (SSSR count). The second-order valence-electron chi connectivity index (χ2n) is 7.41. The smallest absolute Gasteiger partial charge is 0.256 e. The molecule has 3 aromatic rings. The molecule has 1 fully saturated rings. The van der Waals surface area contributed by atoms with Gasteiger partial charge in [0.05, 0.1) is 11.8 Å². The van der Waals surface area contributed by atoms with Crippen molar-refractivity contribution in [3.63, 3.8) is 0 Å². The summed E-state index contributed by atoms with van der Waals surface area (Å²) in [7, 11) is 0. The summed E-state index contributed by atoms with van der Waals surface area (Å²) in [5, 5.41) is 0. The van der Waals surface area contributed by atoms with E-state index in [2.05, 4.69) is 4.98 Å². The molecular weight excluding hydrogens is 428 g/mol. The Kier molecular flexibility index (Phi) is 6.73. The number of nitrogens with zero attached hydrogens (tertiary/aromatic N) is 3. The summed E-state index contributed by atoms with van der Waals surface area (Å²) in [6, 6.07) is 13.6. The quantitative estimate of drug-likeness (QED) is 0.549. The van der Waals surface area contributed by atoms with Crippen LogP contribution in [0.25, 0.3) is 6.08 Å². The number of halogens is 2. The van der Waals surface area contributed by atoms with E-state index in [1.165, 1.54) is 53.6 Å². The molecule has 8 heteroatoms. The molecule has 0 spiro atoms. The number of benzene rings is 2. The molecule has 0 bridgehead atoms. The maximum Gasteiger partial charge on any atom is 0.256 e. The molecule has 0 N–H and O–H groups in total. The van der Waals surface area contributed by atoms with Crippen molar-refractivity contribution in [3.8, 4) is 11.5 Å². The summed E-state index contributed by atoms with van der Waals surface area (Å²) >= 11 is 0. The molecular formula is C25H21F2N3O3. The van der Waals surface area contributed by atoms with Crippen LogP contribution in [-0.4, -0.2) is 52.8 Å². The monoisotopic (exact) mass is 449 g/mol. The highest BCUT2D eigenvalue weighted by atomic mass is 19.1. The molecule has 0 aliphatic carbocycles. The van der Waals surface area contributed by atoms with Gasteiger partial charge >= 0.3 is 0 Å². The van der Waals surface area contributed by atoms with Gasteiger partial charge in [0.25, 0.3) is 5.91 Å². The molecule has 1 aliphatic heterocycles. The minimum atomic E-state index is -0.562. The van der Waals surface area contributed by atoms with Crippen LogP contribution >= 0.6 is 0 Å². The zero-order valence-corrected chi connectivity index (χ0v) is 17.7. The number of piperazine rings is 1. The Hall–Kier alpha value is -4.07. The van der Waals surface area contributed by atoms with Gasteiger partial charge in [0.1, 0.15) is 11.6 Å². The van der Waals surface area contributed by atoms with Crippen molar-refractivity contribution in [1.29, 1.82) is 0 Å². The first kappa shape index (κ1) is 22.1. The first-order chi connectivity index (χ1) is 16.0. The number of carbonyl (C=O) groups is 2. The van der Waals surface area contributed by atoms with Gasteiger partial charge in [-0.2, -0.15) is 0 Å². The highest BCUT2D eigenvalue weighted by Gasteiger charge is 2.25. The van der Waals surface area contributed by atoms with Crippen LogP contribution in [0, 0.1) is 11.6 Å². The predicted molar refractivity (Wildman–Crippen MR) is 119 cm³/mol. The van der Waals surface area contributed by atoms with E-state index in [4.69, 9.17) is 4.74 Å². The molecule has 33 heavy (non-hydrogen) atoms. The minimum absolute atomic E-state index is 0.0233. The van der Waals surface area contributed by atoms with Gasteiger partial charge in [0, 0.05) is 38.5 Å². The van der Waals surface area contributed by atoms with E-state index in [0.717, 1.165) is 0 Å². The summed E-state index contributed by atoms with van der Waals surface area (Å²) in [5.41, 5.74) is 0.530. The van der Waals surface area contributed by atoms with Gasteiger partial charge in [0.2, 0.25) is 5.91 Å². The van der Waals surface area contributed by atoms with Crippen LogP contribution in [-0.2, 0) is 4.79 Å². The number of aromatic nitrogens is 1. The lowest BCUT2D eigenvalue weighted by molar-refractivity contribution is -0.127. The largest absolute Gasteiger partial charge is 0.453 e. The molecule has 0 saturated carbocycles. The predicted octanol–water partition coefficient (Wildman–Crippen LogP) is 4.15. The molecule has 2 heterocycles. The number of carbonyl (C=O) groups excluding carboxylic acids is 2. The zero-order valence-electron chi connectivity index (χ0n) is 17.7. The third-order valence-electron chi connectivity index (χ3n) is 5.22. The van der Waals surface area contributed by atoms with Crippen molar-refractivity contribution in [3.05, 3.63) is 95.8 Å². The average molecular weight is 449 g/mol. The third-order valence-corrected chi connectivity index (χ3v) is 5.22. The Bertz CT molecular complexity index is 1180. The first-order valence-corrected chi connectivity index (χ1v) is 10.4. The molecule has 168 valence electrons. The average Bonchev–Trinajstić information content (AvgIpc) is 2.85. The van der Waals surface area contributed by atoms with Gasteiger partial charge in [-0.3, -0.25) is 14.6 Å². The molecule has 0 atom stereocenters. The van der Waals surface area contributed by atoms with E-state index in [-0.39, 0.29) is 23.1 Å². The molecule has 1 aromatic heterocycles. The lowest BCUT2D eigenvalue weighted by Crippen LogP contribution is -2.50. The first-order valence-electron chi connectivity index (χ1n) is 10.4. The van der Waals surface area contributed by atoms with Crippen molar-refractivity contribution in [2.24, 2.45) is 0 Å². The van der Waals surface area contributed by atoms with Gasteiger partial charge in [-0.25, -0.2) is 8.78 Å². The van der Waals surface area contributed by atoms with Crippen LogP contribution in [0.15, 0.2) is 73.1 Å². The molecule has 2 aromatic carbocycles. The van der Waals surface area contributed by atoms with Gasteiger partial charge in [-0.05, 0) is 48.0 Å². The zero-order chi connectivity index (χ0) is 23.2. The lowest BCUT2D eigenvalue weighted by atomic mass is 10.1. The van der Waals surface area contributed by atoms with Gasteiger partial charge < -0.3 is 14.5 Å². The fourth-order valence-corrected chi connectivity index (χ4v) is 3.45. The van der Waals surface area contributed by atoms with Gasteiger partial charge in [-0.15, -0.1) is 0 Å². The van der Waals surface area contributed by atoms with Crippen LogP contribution in [0.5, 0.6) is 11.5 Å². The second-order valence-corrected chi connectivity index (χ2v) is 7.41. The fraction of sp³-hybridized carbons (Fsp3) is 0.160. The highest BCUT2D eigenvalue weighted by Crippen LogP contribution is 2.25.